The number of hydrazone groups is 1. The maximum atomic E-state index is 13.5. The summed E-state index contributed by atoms with van der Waals surface area (Å²) < 4.78 is 10.3. The van der Waals surface area contributed by atoms with Crippen LogP contribution in [0.15, 0.2) is 65.8 Å². The molecule has 2 amide bonds. The minimum absolute atomic E-state index is 0.254. The molecule has 0 aromatic heterocycles. The van der Waals surface area contributed by atoms with Crippen LogP contribution >= 0.6 is 0 Å². The van der Waals surface area contributed by atoms with Crippen molar-refractivity contribution in [2.75, 3.05) is 19.1 Å². The van der Waals surface area contributed by atoms with Crippen molar-refractivity contribution in [1.29, 1.82) is 0 Å². The third kappa shape index (κ3) is 2.90. The summed E-state index contributed by atoms with van der Waals surface area (Å²) in [7, 11) is 3.10. The number of ether oxygens (including phenoxy) is 2. The van der Waals surface area contributed by atoms with Gasteiger partial charge in [-0.3, -0.25) is 19.4 Å². The summed E-state index contributed by atoms with van der Waals surface area (Å²) in [6.45, 7) is 0. The Morgan fingerprint density at radius 2 is 1.47 bits per heavy atom. The molecule has 3 aliphatic heterocycles. The molecule has 0 saturated carbocycles. The van der Waals surface area contributed by atoms with Crippen molar-refractivity contribution >= 4 is 29.5 Å². The van der Waals surface area contributed by atoms with Crippen molar-refractivity contribution in [3.63, 3.8) is 0 Å². The minimum atomic E-state index is -0.876. The van der Waals surface area contributed by atoms with Crippen LogP contribution in [-0.4, -0.2) is 55.1 Å². The number of ketones is 1. The predicted octanol–water partition coefficient (Wildman–Crippen LogP) is 2.30. The summed E-state index contributed by atoms with van der Waals surface area (Å²) in [4.78, 5) is 41.7. The van der Waals surface area contributed by atoms with Crippen molar-refractivity contribution in [3.8, 4) is 11.5 Å². The molecule has 3 heterocycles. The molecular weight excluding hydrogens is 410 g/mol. The minimum Gasteiger partial charge on any atom is -0.497 e. The Morgan fingerprint density at radius 1 is 0.875 bits per heavy atom. The first-order valence-corrected chi connectivity index (χ1v) is 10.2. The highest BCUT2D eigenvalue weighted by Crippen LogP contribution is 2.46. The third-order valence-electron chi connectivity index (χ3n) is 6.26. The van der Waals surface area contributed by atoms with Gasteiger partial charge in [0.25, 0.3) is 0 Å². The molecule has 0 unspecified atom stereocenters. The highest BCUT2D eigenvalue weighted by atomic mass is 16.5. The van der Waals surface area contributed by atoms with Crippen LogP contribution in [0.25, 0.3) is 0 Å². The van der Waals surface area contributed by atoms with Crippen LogP contribution in [0.4, 0.5) is 5.69 Å². The van der Waals surface area contributed by atoms with E-state index in [9.17, 15) is 14.4 Å². The van der Waals surface area contributed by atoms with Crippen LogP contribution in [0.5, 0.6) is 11.5 Å². The maximum absolute atomic E-state index is 13.5. The second-order valence-electron chi connectivity index (χ2n) is 7.82. The average Bonchev–Trinajstić information content (AvgIpc) is 3.31. The van der Waals surface area contributed by atoms with Crippen molar-refractivity contribution in [3.05, 3.63) is 66.2 Å². The first kappa shape index (κ1) is 20.0. The molecule has 2 aromatic rings. The molecule has 2 aromatic carbocycles. The zero-order valence-electron chi connectivity index (χ0n) is 17.5. The summed E-state index contributed by atoms with van der Waals surface area (Å²) in [6.07, 6.45) is 5.14. The van der Waals surface area contributed by atoms with Crippen molar-refractivity contribution < 1.29 is 23.9 Å². The summed E-state index contributed by atoms with van der Waals surface area (Å²) >= 11 is 0. The number of methoxy groups -OCH3 is 2. The SMILES string of the molecule is COc1ccc(C(=O)[C@@H]2[C@@H]3C(=O)N(c4ccc(OC)cc4)C(=O)[C@@H]3[C@H]3C=CC=NN32)cc1. The van der Waals surface area contributed by atoms with Gasteiger partial charge in [-0.15, -0.1) is 0 Å². The topological polar surface area (TPSA) is 88.5 Å². The highest BCUT2D eigenvalue weighted by Gasteiger charge is 2.64. The molecule has 2 saturated heterocycles. The van der Waals surface area contributed by atoms with Gasteiger partial charge in [0.05, 0.1) is 37.8 Å². The Bertz CT molecular complexity index is 1140. The number of benzene rings is 2. The van der Waals surface area contributed by atoms with Gasteiger partial charge in [0.15, 0.2) is 5.78 Å². The summed E-state index contributed by atoms with van der Waals surface area (Å²) in [5.74, 6) is -1.25. The number of amides is 2. The van der Waals surface area contributed by atoms with Gasteiger partial charge < -0.3 is 9.47 Å². The van der Waals surface area contributed by atoms with Crippen molar-refractivity contribution in [2.45, 2.75) is 12.1 Å². The molecule has 2 fully saturated rings. The Kier molecular flexibility index (Phi) is 4.77. The number of carbonyl (C=O) groups is 3. The van der Waals surface area contributed by atoms with Gasteiger partial charge in [-0.1, -0.05) is 6.08 Å². The molecule has 3 aliphatic rings. The fraction of sp³-hybridized carbons (Fsp3) is 0.250. The summed E-state index contributed by atoms with van der Waals surface area (Å²) in [5, 5.41) is 5.96. The normalized spacial score (nSPS) is 25.7. The number of Topliss-reactive ketones (excluding diaryl/α,β-unsaturated/α-hetero) is 1. The van der Waals surface area contributed by atoms with Gasteiger partial charge in [-0.05, 0) is 54.6 Å². The molecule has 0 spiro atoms. The van der Waals surface area contributed by atoms with Crippen LogP contribution in [0.1, 0.15) is 10.4 Å². The van der Waals surface area contributed by atoms with Crippen LogP contribution in [-0.2, 0) is 9.59 Å². The highest BCUT2D eigenvalue weighted by molar-refractivity contribution is 6.24. The second kappa shape index (κ2) is 7.64. The summed E-state index contributed by atoms with van der Waals surface area (Å²) in [5.41, 5.74) is 0.892. The predicted molar refractivity (Wildman–Crippen MR) is 117 cm³/mol. The van der Waals surface area contributed by atoms with Crippen LogP contribution in [0.2, 0.25) is 0 Å². The number of hydrogen-bond donors (Lipinski definition) is 0. The smallest absolute Gasteiger partial charge is 0.240 e. The maximum Gasteiger partial charge on any atom is 0.240 e. The number of imide groups is 1. The van der Waals surface area contributed by atoms with Gasteiger partial charge in [0.2, 0.25) is 11.8 Å². The van der Waals surface area contributed by atoms with Gasteiger partial charge in [-0.25, -0.2) is 4.90 Å². The molecule has 5 rings (SSSR count). The molecule has 4 atom stereocenters. The molecule has 0 radical (unpaired) electrons. The zero-order valence-corrected chi connectivity index (χ0v) is 17.5. The Morgan fingerprint density at radius 3 is 2.09 bits per heavy atom. The largest absolute Gasteiger partial charge is 0.497 e. The number of allylic oxidation sites excluding steroid dienone is 1. The molecule has 162 valence electrons. The van der Waals surface area contributed by atoms with E-state index in [0.29, 0.717) is 22.7 Å². The number of fused-ring (bicyclic) bond motifs is 3. The molecule has 32 heavy (non-hydrogen) atoms. The molecular formula is C24H21N3O5. The van der Waals surface area contributed by atoms with Gasteiger partial charge in [-0.2, -0.15) is 5.10 Å². The number of rotatable bonds is 5. The first-order valence-electron chi connectivity index (χ1n) is 10.2. The van der Waals surface area contributed by atoms with Crippen LogP contribution in [0.3, 0.4) is 0 Å². The van der Waals surface area contributed by atoms with Crippen molar-refractivity contribution in [1.82, 2.24) is 5.01 Å². The van der Waals surface area contributed by atoms with E-state index in [4.69, 9.17) is 9.47 Å². The lowest BCUT2D eigenvalue weighted by Gasteiger charge is -2.30. The summed E-state index contributed by atoms with van der Waals surface area (Å²) in [6, 6.07) is 12.1. The Labute approximate surface area is 184 Å². The van der Waals surface area contributed by atoms with Crippen LogP contribution in [0, 0.1) is 11.8 Å². The van der Waals surface area contributed by atoms with E-state index in [2.05, 4.69) is 5.10 Å². The number of anilines is 1. The monoisotopic (exact) mass is 431 g/mol. The van der Waals surface area contributed by atoms with Crippen molar-refractivity contribution in [2.24, 2.45) is 16.9 Å². The van der Waals surface area contributed by atoms with E-state index in [1.54, 1.807) is 80.1 Å². The zero-order chi connectivity index (χ0) is 22.4. The number of nitrogens with zero attached hydrogens (tertiary/aromatic N) is 3. The fourth-order valence-electron chi connectivity index (χ4n) is 4.75. The molecule has 8 nitrogen and oxygen atoms in total. The fourth-order valence-corrected chi connectivity index (χ4v) is 4.75. The standard InChI is InChI=1S/C24H21N3O5/c1-31-16-9-5-14(6-10-16)22(28)21-20-19(18-4-3-13-25-27(18)21)23(29)26(24(20)30)15-7-11-17(32-2)12-8-15/h3-13,18-21H,1-2H3/t18-,19-,20-,21+/m1/s1. The quantitative estimate of drug-likeness (QED) is 0.533. The Hall–Kier alpha value is -3.94. The second-order valence-corrected chi connectivity index (χ2v) is 7.82. The molecule has 0 N–H and O–H groups in total. The Balaban J connectivity index is 1.53. The number of hydrogen-bond acceptors (Lipinski definition) is 7. The lowest BCUT2D eigenvalue weighted by atomic mass is 9.86. The van der Waals surface area contributed by atoms with E-state index < -0.39 is 29.8 Å². The lowest BCUT2D eigenvalue weighted by molar-refractivity contribution is -0.123. The van der Waals surface area contributed by atoms with E-state index >= 15 is 0 Å². The van der Waals surface area contributed by atoms with E-state index in [1.807, 2.05) is 6.08 Å². The van der Waals surface area contributed by atoms with Crippen LogP contribution < -0.4 is 14.4 Å². The number of carbonyl (C=O) groups excluding carboxylic acids is 3. The van der Waals surface area contributed by atoms with Gasteiger partial charge in [0.1, 0.15) is 17.5 Å². The molecule has 8 heteroatoms. The van der Waals surface area contributed by atoms with Gasteiger partial charge >= 0.3 is 0 Å². The average molecular weight is 431 g/mol. The first-order chi connectivity index (χ1) is 15.5. The molecule has 0 bridgehead atoms. The molecule has 0 aliphatic carbocycles. The van der Waals surface area contributed by atoms with Gasteiger partial charge in [0, 0.05) is 11.8 Å². The van der Waals surface area contributed by atoms with E-state index in [0.717, 1.165) is 0 Å². The lowest BCUT2D eigenvalue weighted by Crippen LogP contribution is -2.46. The van der Waals surface area contributed by atoms with E-state index in [1.165, 1.54) is 4.90 Å². The third-order valence-corrected chi connectivity index (χ3v) is 6.26. The van der Waals surface area contributed by atoms with E-state index in [-0.39, 0.29) is 11.7 Å².